The van der Waals surface area contributed by atoms with E-state index in [0.717, 1.165) is 5.57 Å². The first-order chi connectivity index (χ1) is 8.07. The van der Waals surface area contributed by atoms with E-state index in [-0.39, 0.29) is 12.2 Å². The summed E-state index contributed by atoms with van der Waals surface area (Å²) < 4.78 is 6.09. The Kier molecular flexibility index (Phi) is 1.64. The summed E-state index contributed by atoms with van der Waals surface area (Å²) in [4.78, 5) is 0. The van der Waals surface area contributed by atoms with Crippen LogP contribution in [-0.2, 0) is 4.74 Å². The minimum absolute atomic E-state index is 0.174. The Morgan fingerprint density at radius 3 is 2.41 bits per heavy atom. The van der Waals surface area contributed by atoms with Crippen LogP contribution in [0.4, 0.5) is 0 Å². The third-order valence-corrected chi connectivity index (χ3v) is 4.43. The predicted molar refractivity (Wildman–Crippen MR) is 64.4 cm³/mol. The van der Waals surface area contributed by atoms with Crippen LogP contribution in [0.1, 0.15) is 37.2 Å². The maximum absolute atomic E-state index is 10.1. The molecule has 3 aliphatic rings. The molecule has 1 aromatic rings. The predicted octanol–water partition coefficient (Wildman–Crippen LogP) is 2.76. The smallest absolute Gasteiger partial charge is 0.0910 e. The van der Waals surface area contributed by atoms with Gasteiger partial charge in [0.1, 0.15) is 0 Å². The van der Waals surface area contributed by atoms with E-state index in [0.29, 0.717) is 11.8 Å². The van der Waals surface area contributed by atoms with E-state index in [1.54, 1.807) is 0 Å². The Balaban J connectivity index is 1.79. The normalized spacial score (nSPS) is 37.2. The largest absolute Gasteiger partial charge is 0.386 e. The third-order valence-electron chi connectivity index (χ3n) is 4.43. The number of fused-ring (bicyclic) bond motifs is 8. The molecule has 0 unspecified atom stereocenters. The van der Waals surface area contributed by atoms with Gasteiger partial charge in [-0.15, -0.1) is 0 Å². The van der Waals surface area contributed by atoms with Crippen LogP contribution in [0, 0.1) is 11.8 Å². The Morgan fingerprint density at radius 2 is 1.76 bits per heavy atom. The second-order valence-electron chi connectivity index (χ2n) is 5.89. The van der Waals surface area contributed by atoms with Crippen molar-refractivity contribution in [3.05, 3.63) is 47.0 Å². The first-order valence-corrected chi connectivity index (χ1v) is 6.26. The molecule has 2 heteroatoms. The Hall–Kier alpha value is -1.12. The van der Waals surface area contributed by atoms with Gasteiger partial charge in [-0.2, -0.15) is 0 Å². The summed E-state index contributed by atoms with van der Waals surface area (Å²) in [7, 11) is 0. The molecule has 17 heavy (non-hydrogen) atoms. The first-order valence-electron chi connectivity index (χ1n) is 6.26. The number of ether oxygens (including phenoxy) is 1. The Morgan fingerprint density at radius 1 is 1.12 bits per heavy atom. The molecule has 2 nitrogen and oxygen atoms in total. The molecule has 1 fully saturated rings. The fraction of sp³-hybridized carbons (Fsp3) is 0.467. The first kappa shape index (κ1) is 9.86. The Bertz CT molecular complexity index is 524. The molecule has 1 N–H and O–H groups in total. The molecule has 4 atom stereocenters. The fourth-order valence-corrected chi connectivity index (χ4v) is 3.67. The van der Waals surface area contributed by atoms with Crippen LogP contribution < -0.4 is 0 Å². The molecule has 0 aromatic heterocycles. The van der Waals surface area contributed by atoms with Gasteiger partial charge in [0.15, 0.2) is 0 Å². The van der Waals surface area contributed by atoms with Crippen LogP contribution in [0.2, 0.25) is 0 Å². The molecule has 1 aromatic carbocycles. The summed E-state index contributed by atoms with van der Waals surface area (Å²) in [5, 5.41) is 10.1. The van der Waals surface area contributed by atoms with Gasteiger partial charge in [-0.05, 0) is 30.5 Å². The SMILES string of the molecule is CC(C)(O)C1=C[C@H]2[C@@H]1[C@H]1O[C@@H]2c2ccccc21. The molecule has 0 amide bonds. The lowest BCUT2D eigenvalue weighted by Gasteiger charge is -2.42. The van der Waals surface area contributed by atoms with E-state index in [1.165, 1.54) is 11.1 Å². The molecule has 2 bridgehead atoms. The van der Waals surface area contributed by atoms with Gasteiger partial charge in [-0.3, -0.25) is 0 Å². The van der Waals surface area contributed by atoms with Gasteiger partial charge in [0.25, 0.3) is 0 Å². The van der Waals surface area contributed by atoms with E-state index < -0.39 is 5.60 Å². The van der Waals surface area contributed by atoms with Crippen molar-refractivity contribution >= 4 is 0 Å². The molecule has 1 saturated heterocycles. The highest BCUT2D eigenvalue weighted by Gasteiger charge is 2.58. The summed E-state index contributed by atoms with van der Waals surface area (Å²) >= 11 is 0. The second-order valence-corrected chi connectivity index (χ2v) is 5.89. The number of hydrogen-bond donors (Lipinski definition) is 1. The summed E-state index contributed by atoms with van der Waals surface area (Å²) in [5.74, 6) is 0.881. The zero-order chi connectivity index (χ0) is 11.8. The molecule has 0 spiro atoms. The van der Waals surface area contributed by atoms with Gasteiger partial charge in [-0.25, -0.2) is 0 Å². The summed E-state index contributed by atoms with van der Waals surface area (Å²) in [6.45, 7) is 3.74. The summed E-state index contributed by atoms with van der Waals surface area (Å²) in [6, 6.07) is 8.49. The zero-order valence-electron chi connectivity index (χ0n) is 10.1. The molecule has 1 aliphatic carbocycles. The van der Waals surface area contributed by atoms with Gasteiger partial charge in [0.05, 0.1) is 17.8 Å². The molecule has 4 rings (SSSR count). The average molecular weight is 228 g/mol. The van der Waals surface area contributed by atoms with E-state index >= 15 is 0 Å². The van der Waals surface area contributed by atoms with Crippen LogP contribution in [0.15, 0.2) is 35.9 Å². The lowest BCUT2D eigenvalue weighted by Crippen LogP contribution is -2.40. The van der Waals surface area contributed by atoms with Crippen LogP contribution in [-0.4, -0.2) is 10.7 Å². The number of hydrogen-bond acceptors (Lipinski definition) is 2. The average Bonchev–Trinajstić information content (AvgIpc) is 2.67. The lowest BCUT2D eigenvalue weighted by atomic mass is 9.61. The molecular formula is C15H16O2. The fourth-order valence-electron chi connectivity index (χ4n) is 3.67. The van der Waals surface area contributed by atoms with E-state index in [2.05, 4.69) is 30.3 Å². The van der Waals surface area contributed by atoms with Crippen molar-refractivity contribution in [3.63, 3.8) is 0 Å². The van der Waals surface area contributed by atoms with Crippen molar-refractivity contribution in [2.24, 2.45) is 11.8 Å². The van der Waals surface area contributed by atoms with Crippen molar-refractivity contribution in [1.29, 1.82) is 0 Å². The van der Waals surface area contributed by atoms with Gasteiger partial charge < -0.3 is 9.84 Å². The highest BCUT2D eigenvalue weighted by Crippen LogP contribution is 2.65. The van der Waals surface area contributed by atoms with Crippen LogP contribution in [0.5, 0.6) is 0 Å². The Labute approximate surface area is 101 Å². The molecule has 0 radical (unpaired) electrons. The highest BCUT2D eigenvalue weighted by atomic mass is 16.5. The molecule has 88 valence electrons. The zero-order valence-corrected chi connectivity index (χ0v) is 10.1. The minimum Gasteiger partial charge on any atom is -0.386 e. The van der Waals surface area contributed by atoms with E-state index in [1.807, 2.05) is 13.8 Å². The van der Waals surface area contributed by atoms with Crippen molar-refractivity contribution in [2.75, 3.05) is 0 Å². The summed E-state index contributed by atoms with van der Waals surface area (Å²) in [6.07, 6.45) is 2.62. The van der Waals surface area contributed by atoms with Crippen molar-refractivity contribution in [1.82, 2.24) is 0 Å². The second kappa shape index (κ2) is 2.82. The van der Waals surface area contributed by atoms with E-state index in [9.17, 15) is 5.11 Å². The van der Waals surface area contributed by atoms with Crippen LogP contribution in [0.3, 0.4) is 0 Å². The number of aliphatic hydroxyl groups is 1. The van der Waals surface area contributed by atoms with Gasteiger partial charge in [0.2, 0.25) is 0 Å². The molecule has 2 heterocycles. The van der Waals surface area contributed by atoms with E-state index in [4.69, 9.17) is 4.74 Å². The molecule has 2 aliphatic heterocycles. The van der Waals surface area contributed by atoms with Crippen molar-refractivity contribution in [2.45, 2.75) is 31.7 Å². The van der Waals surface area contributed by atoms with Crippen molar-refractivity contribution < 1.29 is 9.84 Å². The van der Waals surface area contributed by atoms with Crippen LogP contribution in [0.25, 0.3) is 0 Å². The van der Waals surface area contributed by atoms with Gasteiger partial charge in [0, 0.05) is 11.8 Å². The minimum atomic E-state index is -0.704. The number of benzene rings is 1. The van der Waals surface area contributed by atoms with Gasteiger partial charge >= 0.3 is 0 Å². The standard InChI is InChI=1S/C15H16O2/c1-15(2,16)11-7-10-12(11)14-9-6-4-3-5-8(9)13(10)17-14/h3-7,10,12-14,16H,1-2H3/t10-,12-,13+,14-/m0/s1. The monoisotopic (exact) mass is 228 g/mol. The van der Waals surface area contributed by atoms with Crippen LogP contribution >= 0.6 is 0 Å². The molecular weight excluding hydrogens is 212 g/mol. The van der Waals surface area contributed by atoms with Gasteiger partial charge in [-0.1, -0.05) is 30.3 Å². The summed E-state index contributed by atoms with van der Waals surface area (Å²) in [5.41, 5.74) is 3.13. The number of rotatable bonds is 1. The maximum Gasteiger partial charge on any atom is 0.0910 e. The highest BCUT2D eigenvalue weighted by molar-refractivity contribution is 5.47. The topological polar surface area (TPSA) is 29.5 Å². The molecule has 0 saturated carbocycles. The quantitative estimate of drug-likeness (QED) is 0.749. The van der Waals surface area contributed by atoms with Crippen molar-refractivity contribution in [3.8, 4) is 0 Å². The maximum atomic E-state index is 10.1. The third kappa shape index (κ3) is 1.08. The lowest BCUT2D eigenvalue weighted by molar-refractivity contribution is 0.0548.